The summed E-state index contributed by atoms with van der Waals surface area (Å²) in [5.74, 6) is -2.19. The minimum atomic E-state index is -4.43. The molecular weight excluding hydrogens is 361 g/mol. The highest BCUT2D eigenvalue weighted by Gasteiger charge is 2.20. The highest BCUT2D eigenvalue weighted by atomic mass is 31.2. The molecule has 0 saturated heterocycles. The maximum atomic E-state index is 11.3. The summed E-state index contributed by atoms with van der Waals surface area (Å²) in [6.07, 6.45) is -0.695. The number of aliphatic carboxylic acids is 1. The van der Waals surface area contributed by atoms with Gasteiger partial charge in [-0.25, -0.2) is 0 Å². The number of anilines is 1. The van der Waals surface area contributed by atoms with Crippen LogP contribution < -0.4 is 5.73 Å². The first-order valence-electron chi connectivity index (χ1n) is 7.48. The molecule has 1 unspecified atom stereocenters. The Morgan fingerprint density at radius 1 is 1.15 bits per heavy atom. The lowest BCUT2D eigenvalue weighted by Gasteiger charge is -2.11. The number of hydrogen-bond acceptors (Lipinski definition) is 6. The molecule has 2 aromatic rings. The Kier molecular flexibility index (Phi) is 5.76. The molecule has 0 spiro atoms. The van der Waals surface area contributed by atoms with Crippen LogP contribution in [0.3, 0.4) is 0 Å². The van der Waals surface area contributed by atoms with Crippen molar-refractivity contribution in [3.63, 3.8) is 0 Å². The predicted molar refractivity (Wildman–Crippen MR) is 94.9 cm³/mol. The second-order valence-corrected chi connectivity index (χ2v) is 7.28. The number of aromatic hydroxyl groups is 1. The topological polar surface area (TPSA) is 166 Å². The van der Waals surface area contributed by atoms with Gasteiger partial charge < -0.3 is 25.7 Å². The first-order valence-corrected chi connectivity index (χ1v) is 9.28. The molecule has 0 aliphatic heterocycles. The van der Waals surface area contributed by atoms with Crippen molar-refractivity contribution in [3.8, 4) is 5.75 Å². The van der Waals surface area contributed by atoms with Crippen LogP contribution in [0.2, 0.25) is 0 Å². The standard InChI is InChI=1S/C16H18N3O6P/c1-9(16(21)22)10-4-2-6-13(15(10)17)19-18-12-5-3-7-14(20)11(12)8-26(23,24)25/h2-7,9,20H,8,17H2,1H3,(H,21,22)(H2,23,24,25). The van der Waals surface area contributed by atoms with Crippen molar-refractivity contribution in [2.45, 2.75) is 19.0 Å². The van der Waals surface area contributed by atoms with Gasteiger partial charge in [0, 0.05) is 5.56 Å². The predicted octanol–water partition coefficient (Wildman–Crippen LogP) is 3.26. The number of azo groups is 1. The van der Waals surface area contributed by atoms with Crippen molar-refractivity contribution in [1.29, 1.82) is 0 Å². The lowest BCUT2D eigenvalue weighted by molar-refractivity contribution is -0.138. The second kappa shape index (κ2) is 7.65. The zero-order chi connectivity index (χ0) is 19.5. The monoisotopic (exact) mass is 379 g/mol. The van der Waals surface area contributed by atoms with Gasteiger partial charge in [0.1, 0.15) is 11.4 Å². The van der Waals surface area contributed by atoms with Crippen molar-refractivity contribution in [3.05, 3.63) is 47.5 Å². The van der Waals surface area contributed by atoms with Crippen molar-refractivity contribution < 1.29 is 29.4 Å². The van der Waals surface area contributed by atoms with E-state index in [1.807, 2.05) is 0 Å². The normalized spacial score (nSPS) is 13.0. The summed E-state index contributed by atoms with van der Waals surface area (Å²) in [6, 6.07) is 8.86. The molecule has 138 valence electrons. The number of phenolic OH excluding ortho intramolecular Hbond substituents is 1. The highest BCUT2D eigenvalue weighted by molar-refractivity contribution is 7.50. The number of nitrogens with zero attached hydrogens (tertiary/aromatic N) is 2. The average molecular weight is 379 g/mol. The van der Waals surface area contributed by atoms with Gasteiger partial charge >= 0.3 is 13.6 Å². The number of nitrogens with two attached hydrogens (primary N) is 1. The number of hydrogen-bond donors (Lipinski definition) is 5. The minimum Gasteiger partial charge on any atom is -0.508 e. The quantitative estimate of drug-likeness (QED) is 0.292. The van der Waals surface area contributed by atoms with Crippen LogP contribution in [0.5, 0.6) is 5.75 Å². The van der Waals surface area contributed by atoms with Crippen LogP contribution in [0.25, 0.3) is 0 Å². The molecule has 0 bridgehead atoms. The number of carbonyl (C=O) groups is 1. The molecule has 2 aromatic carbocycles. The van der Waals surface area contributed by atoms with Crippen LogP contribution in [-0.2, 0) is 15.5 Å². The van der Waals surface area contributed by atoms with E-state index in [1.165, 1.54) is 31.2 Å². The Hall–Kier alpha value is -2.74. The van der Waals surface area contributed by atoms with E-state index in [0.717, 1.165) is 0 Å². The van der Waals surface area contributed by atoms with Crippen molar-refractivity contribution in [1.82, 2.24) is 0 Å². The molecule has 0 aromatic heterocycles. The van der Waals surface area contributed by atoms with Gasteiger partial charge in [0.05, 0.1) is 23.5 Å². The van der Waals surface area contributed by atoms with Gasteiger partial charge in [-0.1, -0.05) is 18.2 Å². The lowest BCUT2D eigenvalue weighted by Crippen LogP contribution is -2.09. The summed E-state index contributed by atoms with van der Waals surface area (Å²) in [7, 11) is -4.43. The Labute approximate surface area is 149 Å². The number of rotatable bonds is 6. The molecule has 0 aliphatic carbocycles. The van der Waals surface area contributed by atoms with E-state index in [1.54, 1.807) is 12.1 Å². The molecular formula is C16H18N3O6P. The number of nitrogen functional groups attached to an aromatic ring is 1. The average Bonchev–Trinajstić information content (AvgIpc) is 2.54. The molecule has 0 aliphatic rings. The van der Waals surface area contributed by atoms with Gasteiger partial charge in [0.15, 0.2) is 0 Å². The zero-order valence-electron chi connectivity index (χ0n) is 13.8. The third-order valence-corrected chi connectivity index (χ3v) is 4.44. The first kappa shape index (κ1) is 19.6. The summed E-state index contributed by atoms with van der Waals surface area (Å²) in [5, 5.41) is 26.8. The molecule has 26 heavy (non-hydrogen) atoms. The minimum absolute atomic E-state index is 0.0433. The van der Waals surface area contributed by atoms with Crippen molar-refractivity contribution in [2.75, 3.05) is 5.73 Å². The van der Waals surface area contributed by atoms with Gasteiger partial charge in [-0.2, -0.15) is 5.11 Å². The van der Waals surface area contributed by atoms with E-state index >= 15 is 0 Å². The van der Waals surface area contributed by atoms with E-state index in [4.69, 9.17) is 20.6 Å². The van der Waals surface area contributed by atoms with E-state index in [2.05, 4.69) is 10.2 Å². The van der Waals surface area contributed by atoms with E-state index in [0.29, 0.717) is 5.56 Å². The van der Waals surface area contributed by atoms with Gasteiger partial charge in [-0.15, -0.1) is 5.11 Å². The Morgan fingerprint density at radius 3 is 2.35 bits per heavy atom. The smallest absolute Gasteiger partial charge is 0.330 e. The van der Waals surface area contributed by atoms with Gasteiger partial charge in [-0.05, 0) is 30.7 Å². The molecule has 2 rings (SSSR count). The van der Waals surface area contributed by atoms with E-state index in [-0.39, 0.29) is 28.4 Å². The lowest BCUT2D eigenvalue weighted by atomic mass is 9.99. The van der Waals surface area contributed by atoms with Crippen LogP contribution >= 0.6 is 7.60 Å². The fourth-order valence-corrected chi connectivity index (χ4v) is 3.04. The van der Waals surface area contributed by atoms with Gasteiger partial charge in [0.2, 0.25) is 0 Å². The van der Waals surface area contributed by atoms with Gasteiger partial charge in [-0.3, -0.25) is 9.36 Å². The summed E-state index contributed by atoms with van der Waals surface area (Å²) < 4.78 is 11.3. The van der Waals surface area contributed by atoms with E-state index < -0.39 is 25.6 Å². The van der Waals surface area contributed by atoms with E-state index in [9.17, 15) is 14.5 Å². The van der Waals surface area contributed by atoms with Crippen molar-refractivity contribution >= 4 is 30.6 Å². The molecule has 0 fully saturated rings. The molecule has 9 nitrogen and oxygen atoms in total. The molecule has 0 amide bonds. The first-order chi connectivity index (χ1) is 12.1. The number of benzene rings is 2. The third-order valence-electron chi connectivity index (χ3n) is 3.71. The fourth-order valence-electron chi connectivity index (χ4n) is 2.30. The zero-order valence-corrected chi connectivity index (χ0v) is 14.7. The number of carboxylic acids is 1. The molecule has 1 atom stereocenters. The van der Waals surface area contributed by atoms with Gasteiger partial charge in [0.25, 0.3) is 0 Å². The summed E-state index contributed by atoms with van der Waals surface area (Å²) in [6.45, 7) is 1.49. The number of carboxylic acid groups (broad SMARTS) is 1. The highest BCUT2D eigenvalue weighted by Crippen LogP contribution is 2.45. The molecule has 0 heterocycles. The van der Waals surface area contributed by atoms with Crippen LogP contribution in [0.1, 0.15) is 24.0 Å². The van der Waals surface area contributed by atoms with Crippen LogP contribution in [-0.4, -0.2) is 26.0 Å². The Bertz CT molecular complexity index is 909. The Balaban J connectivity index is 2.43. The largest absolute Gasteiger partial charge is 0.508 e. The molecule has 0 radical (unpaired) electrons. The molecule has 6 N–H and O–H groups in total. The summed E-state index contributed by atoms with van der Waals surface area (Å²) >= 11 is 0. The number of para-hydroxylation sites is 1. The fraction of sp³-hybridized carbons (Fsp3) is 0.188. The maximum Gasteiger partial charge on any atom is 0.330 e. The van der Waals surface area contributed by atoms with Crippen LogP contribution in [0, 0.1) is 0 Å². The summed E-state index contributed by atoms with van der Waals surface area (Å²) in [4.78, 5) is 29.4. The third kappa shape index (κ3) is 4.66. The second-order valence-electron chi connectivity index (χ2n) is 5.64. The van der Waals surface area contributed by atoms with Crippen molar-refractivity contribution in [2.24, 2.45) is 10.2 Å². The molecule has 0 saturated carbocycles. The molecule has 10 heteroatoms. The maximum absolute atomic E-state index is 11.3. The Morgan fingerprint density at radius 2 is 1.73 bits per heavy atom. The van der Waals surface area contributed by atoms with Crippen LogP contribution in [0.4, 0.5) is 17.1 Å². The van der Waals surface area contributed by atoms with Crippen LogP contribution in [0.15, 0.2) is 46.6 Å². The summed E-state index contributed by atoms with van der Waals surface area (Å²) in [5.41, 5.74) is 6.72. The number of phenols is 1. The SMILES string of the molecule is CC(C(=O)O)c1cccc(N=Nc2cccc(O)c2CP(=O)(O)O)c1N.